The molecular formula is C37H64. The van der Waals surface area contributed by atoms with Crippen molar-refractivity contribution in [1.29, 1.82) is 0 Å². The number of allylic oxidation sites excluding steroid dienone is 4. The average Bonchev–Trinajstić information content (AvgIpc) is 2.86. The number of hydrogen-bond acceptors (Lipinski definition) is 0. The largest absolute Gasteiger partial charge is 0.0845 e. The van der Waals surface area contributed by atoms with Crippen LogP contribution >= 0.6 is 0 Å². The second kappa shape index (κ2) is 15.3. The van der Waals surface area contributed by atoms with Crippen molar-refractivity contribution in [3.8, 4) is 0 Å². The summed E-state index contributed by atoms with van der Waals surface area (Å²) in [6.07, 6.45) is 14.1. The molecule has 0 heteroatoms. The monoisotopic (exact) mass is 509 g/mol. The zero-order chi connectivity index (χ0) is 28.4. The first kappa shape index (κ1) is 33.7. The SMILES string of the molecule is CCCC=C(C(C)CCCCC(C)CC)C(C)(CC)C(C)c1ccc(C)c(C(=C(C)CC)C(C)(C)C)c1. The molecule has 0 aliphatic rings. The Kier molecular flexibility index (Phi) is 14.0. The maximum Gasteiger partial charge on any atom is -0.00504 e. The fourth-order valence-electron chi connectivity index (χ4n) is 6.36. The summed E-state index contributed by atoms with van der Waals surface area (Å²) in [5.41, 5.74) is 9.45. The second-order valence-corrected chi connectivity index (χ2v) is 13.5. The Balaban J connectivity index is 3.44. The summed E-state index contributed by atoms with van der Waals surface area (Å²) in [6, 6.07) is 7.37. The van der Waals surface area contributed by atoms with Gasteiger partial charge in [-0.15, -0.1) is 0 Å². The van der Waals surface area contributed by atoms with Gasteiger partial charge in [0.2, 0.25) is 0 Å². The molecule has 37 heavy (non-hydrogen) atoms. The first-order chi connectivity index (χ1) is 17.3. The van der Waals surface area contributed by atoms with Crippen LogP contribution in [0, 0.1) is 29.6 Å². The fraction of sp³-hybridized carbons (Fsp3) is 0.730. The molecule has 0 aliphatic heterocycles. The summed E-state index contributed by atoms with van der Waals surface area (Å²) in [5, 5.41) is 0. The molecule has 0 fully saturated rings. The minimum Gasteiger partial charge on any atom is -0.0845 e. The lowest BCUT2D eigenvalue weighted by Gasteiger charge is -2.41. The Labute approximate surface area is 233 Å². The van der Waals surface area contributed by atoms with E-state index in [1.165, 1.54) is 79.2 Å². The first-order valence-corrected chi connectivity index (χ1v) is 15.8. The summed E-state index contributed by atoms with van der Waals surface area (Å²) < 4.78 is 0. The van der Waals surface area contributed by atoms with Crippen LogP contribution in [0.25, 0.3) is 5.57 Å². The van der Waals surface area contributed by atoms with E-state index in [9.17, 15) is 0 Å². The van der Waals surface area contributed by atoms with Crippen molar-refractivity contribution >= 4 is 5.57 Å². The Morgan fingerprint density at radius 2 is 1.54 bits per heavy atom. The Hall–Kier alpha value is -1.30. The van der Waals surface area contributed by atoms with Crippen LogP contribution in [0.1, 0.15) is 163 Å². The standard InChI is InChI=1S/C37H64/c1-14-18-23-34(30(8)22-20-19-21-27(5)15-2)37(13,17-4)31(9)32-25-24-29(7)33(26-32)35(28(6)16-3)36(10,11)12/h23-27,30-31H,14-22H2,1-13H3. The van der Waals surface area contributed by atoms with Crippen molar-refractivity contribution in [3.63, 3.8) is 0 Å². The third kappa shape index (κ3) is 9.14. The molecule has 0 nitrogen and oxygen atoms in total. The smallest absolute Gasteiger partial charge is 0.00504 e. The van der Waals surface area contributed by atoms with Gasteiger partial charge in [-0.1, -0.05) is 144 Å². The fourth-order valence-corrected chi connectivity index (χ4v) is 6.36. The topological polar surface area (TPSA) is 0 Å². The molecule has 0 spiro atoms. The van der Waals surface area contributed by atoms with E-state index in [2.05, 4.69) is 114 Å². The molecule has 0 aliphatic carbocycles. The number of unbranched alkanes of at least 4 members (excludes halogenated alkanes) is 2. The number of hydrogen-bond donors (Lipinski definition) is 0. The van der Waals surface area contributed by atoms with Crippen LogP contribution in [0.2, 0.25) is 0 Å². The summed E-state index contributed by atoms with van der Waals surface area (Å²) >= 11 is 0. The van der Waals surface area contributed by atoms with Crippen molar-refractivity contribution in [1.82, 2.24) is 0 Å². The van der Waals surface area contributed by atoms with E-state index in [0.29, 0.717) is 11.8 Å². The molecule has 0 radical (unpaired) electrons. The van der Waals surface area contributed by atoms with Crippen molar-refractivity contribution in [2.45, 2.75) is 154 Å². The van der Waals surface area contributed by atoms with Crippen LogP contribution in [0.15, 0.2) is 35.4 Å². The van der Waals surface area contributed by atoms with Gasteiger partial charge in [0.1, 0.15) is 0 Å². The van der Waals surface area contributed by atoms with E-state index in [0.717, 1.165) is 12.3 Å². The van der Waals surface area contributed by atoms with E-state index in [1.54, 1.807) is 5.57 Å². The molecular weight excluding hydrogens is 444 g/mol. The van der Waals surface area contributed by atoms with Crippen molar-refractivity contribution in [2.75, 3.05) is 0 Å². The summed E-state index contributed by atoms with van der Waals surface area (Å²) in [7, 11) is 0. The van der Waals surface area contributed by atoms with Gasteiger partial charge in [-0.3, -0.25) is 0 Å². The third-order valence-electron chi connectivity index (χ3n) is 9.55. The molecule has 4 atom stereocenters. The highest BCUT2D eigenvalue weighted by molar-refractivity contribution is 5.74. The van der Waals surface area contributed by atoms with Gasteiger partial charge in [-0.2, -0.15) is 0 Å². The summed E-state index contributed by atoms with van der Waals surface area (Å²) in [4.78, 5) is 0. The van der Waals surface area contributed by atoms with Crippen LogP contribution in [0.3, 0.4) is 0 Å². The minimum absolute atomic E-state index is 0.136. The van der Waals surface area contributed by atoms with Crippen LogP contribution < -0.4 is 0 Å². The van der Waals surface area contributed by atoms with Gasteiger partial charge < -0.3 is 0 Å². The van der Waals surface area contributed by atoms with Gasteiger partial charge in [0.15, 0.2) is 0 Å². The molecule has 0 saturated heterocycles. The van der Waals surface area contributed by atoms with Gasteiger partial charge in [0.25, 0.3) is 0 Å². The third-order valence-corrected chi connectivity index (χ3v) is 9.55. The van der Waals surface area contributed by atoms with Gasteiger partial charge in [0, 0.05) is 0 Å². The molecule has 0 saturated carbocycles. The highest BCUT2D eigenvalue weighted by Crippen LogP contribution is 2.49. The Morgan fingerprint density at radius 1 is 0.919 bits per heavy atom. The van der Waals surface area contributed by atoms with Crippen molar-refractivity contribution in [3.05, 3.63) is 52.1 Å². The zero-order valence-electron chi connectivity index (χ0n) is 27.4. The molecule has 4 unspecified atom stereocenters. The number of benzene rings is 1. The lowest BCUT2D eigenvalue weighted by molar-refractivity contribution is 0.279. The minimum atomic E-state index is 0.136. The molecule has 0 bridgehead atoms. The van der Waals surface area contributed by atoms with Crippen LogP contribution in [0.4, 0.5) is 0 Å². The lowest BCUT2D eigenvalue weighted by Crippen LogP contribution is -2.29. The average molecular weight is 509 g/mol. The summed E-state index contributed by atoms with van der Waals surface area (Å²) in [6.45, 7) is 31.1. The molecule has 0 amide bonds. The van der Waals surface area contributed by atoms with Crippen molar-refractivity contribution < 1.29 is 0 Å². The Morgan fingerprint density at radius 3 is 2.05 bits per heavy atom. The van der Waals surface area contributed by atoms with Crippen LogP contribution in [0.5, 0.6) is 0 Å². The number of aryl methyl sites for hydroxylation is 1. The van der Waals surface area contributed by atoms with Gasteiger partial charge in [-0.25, -0.2) is 0 Å². The van der Waals surface area contributed by atoms with Gasteiger partial charge >= 0.3 is 0 Å². The van der Waals surface area contributed by atoms with E-state index < -0.39 is 0 Å². The quantitative estimate of drug-likeness (QED) is 0.163. The molecule has 0 aromatic heterocycles. The van der Waals surface area contributed by atoms with Crippen LogP contribution in [-0.4, -0.2) is 0 Å². The normalized spacial score (nSPS) is 17.7. The maximum atomic E-state index is 2.64. The summed E-state index contributed by atoms with van der Waals surface area (Å²) in [5.74, 6) is 1.99. The van der Waals surface area contributed by atoms with E-state index in [-0.39, 0.29) is 10.8 Å². The zero-order valence-corrected chi connectivity index (χ0v) is 27.4. The van der Waals surface area contributed by atoms with Crippen molar-refractivity contribution in [2.24, 2.45) is 22.7 Å². The predicted octanol–water partition coefficient (Wildman–Crippen LogP) is 12.7. The van der Waals surface area contributed by atoms with Crippen LogP contribution in [-0.2, 0) is 0 Å². The predicted molar refractivity (Wildman–Crippen MR) is 170 cm³/mol. The van der Waals surface area contributed by atoms with Gasteiger partial charge in [-0.05, 0) is 90.4 Å². The molecule has 212 valence electrons. The Bertz CT molecular complexity index is 874. The molecule has 1 aromatic carbocycles. The molecule has 1 rings (SSSR count). The first-order valence-electron chi connectivity index (χ1n) is 15.8. The number of rotatable bonds is 15. The second-order valence-electron chi connectivity index (χ2n) is 13.5. The molecule has 0 heterocycles. The highest BCUT2D eigenvalue weighted by Gasteiger charge is 2.36. The van der Waals surface area contributed by atoms with Gasteiger partial charge in [0.05, 0.1) is 0 Å². The molecule has 1 aromatic rings. The maximum absolute atomic E-state index is 2.64. The van der Waals surface area contributed by atoms with E-state index in [4.69, 9.17) is 0 Å². The van der Waals surface area contributed by atoms with E-state index in [1.807, 2.05) is 0 Å². The van der Waals surface area contributed by atoms with E-state index >= 15 is 0 Å². The highest BCUT2D eigenvalue weighted by atomic mass is 14.4. The lowest BCUT2D eigenvalue weighted by atomic mass is 9.63. The molecule has 0 N–H and O–H groups in total.